The van der Waals surface area contributed by atoms with E-state index in [4.69, 9.17) is 0 Å². The molecule has 13 heteroatoms. The first-order valence-electron chi connectivity index (χ1n) is 11.4. The molecule has 2 aromatic heterocycles. The minimum Gasteiger partial charge on any atom is -0.507 e. The van der Waals surface area contributed by atoms with Gasteiger partial charge in [-0.2, -0.15) is 0 Å². The van der Waals surface area contributed by atoms with Crippen LogP contribution in [-0.4, -0.2) is 59.8 Å². The first-order chi connectivity index (χ1) is 16.5. The fraction of sp³-hybridized carbons (Fsp3) is 0.545. The van der Waals surface area contributed by atoms with E-state index in [9.17, 15) is 5.11 Å². The van der Waals surface area contributed by atoms with Crippen LogP contribution in [0.25, 0.3) is 22.8 Å². The Hall–Kier alpha value is -2.12. The minimum atomic E-state index is -1.21. The molecule has 35 heavy (non-hydrogen) atoms. The number of tetrazole rings is 1. The normalized spacial score (nSPS) is 26.5. The maximum atomic E-state index is 15.3. The van der Waals surface area contributed by atoms with Gasteiger partial charge in [0.1, 0.15) is 11.9 Å². The number of benzene rings is 1. The average molecular weight is 535 g/mol. The first-order valence-corrected chi connectivity index (χ1v) is 12.8. The van der Waals surface area contributed by atoms with Crippen LogP contribution in [0.4, 0.5) is 10.2 Å². The second-order valence-electron chi connectivity index (χ2n) is 9.87. The summed E-state index contributed by atoms with van der Waals surface area (Å²) in [5.41, 5.74) is 1.11. The topological polar surface area (TPSA) is 106 Å². The lowest BCUT2D eigenvalue weighted by atomic mass is 9.60. The van der Waals surface area contributed by atoms with Crippen molar-refractivity contribution in [3.63, 3.8) is 0 Å². The van der Waals surface area contributed by atoms with Gasteiger partial charge in [-0.1, -0.05) is 19.4 Å². The lowest BCUT2D eigenvalue weighted by Crippen LogP contribution is -2.52. The number of aromatic nitrogens is 7. The molecule has 0 unspecified atom stereocenters. The van der Waals surface area contributed by atoms with Crippen molar-refractivity contribution < 1.29 is 9.50 Å². The molecular weight excluding hydrogens is 507 g/mol. The highest BCUT2D eigenvalue weighted by atomic mass is 32.2. The van der Waals surface area contributed by atoms with E-state index in [0.717, 1.165) is 36.9 Å². The molecule has 9 nitrogen and oxygen atoms in total. The fourth-order valence-corrected chi connectivity index (χ4v) is 5.66. The van der Waals surface area contributed by atoms with Crippen molar-refractivity contribution in [3.8, 4) is 28.5 Å². The predicted octanol–water partition coefficient (Wildman–Crippen LogP) is 4.00. The van der Waals surface area contributed by atoms with Gasteiger partial charge in [-0.3, -0.25) is 0 Å². The Balaban J connectivity index is 1.34. The van der Waals surface area contributed by atoms with E-state index in [1.165, 1.54) is 6.07 Å². The van der Waals surface area contributed by atoms with Gasteiger partial charge < -0.3 is 10.0 Å². The molecule has 0 saturated heterocycles. The van der Waals surface area contributed by atoms with Crippen molar-refractivity contribution in [2.24, 2.45) is 11.3 Å². The zero-order chi connectivity index (χ0) is 25.0. The lowest BCUT2D eigenvalue weighted by Gasteiger charge is -2.50. The Morgan fingerprint density at radius 2 is 1.97 bits per heavy atom. The zero-order valence-corrected chi connectivity index (χ0v) is 22.0. The van der Waals surface area contributed by atoms with Crippen molar-refractivity contribution in [2.75, 3.05) is 11.9 Å². The number of alkyl halides is 1. The smallest absolute Gasteiger partial charge is 0.213 e. The van der Waals surface area contributed by atoms with Crippen molar-refractivity contribution in [3.05, 3.63) is 24.4 Å². The number of thiol groups is 3. The summed E-state index contributed by atoms with van der Waals surface area (Å²) in [7, 11) is 1.86. The van der Waals surface area contributed by atoms with E-state index in [2.05, 4.69) is 75.4 Å². The first kappa shape index (κ1) is 24.6. The SMILES string of the molecule is CN(c1cnc(-c2ccc(-c3nnn(C(S)(S)S)n3)cc2O)nn1)[C@H]1C[C@]2(C)CCC[C@@H](C2)[C@H]1F. The summed E-state index contributed by atoms with van der Waals surface area (Å²) in [5.74, 6) is 1.08. The Morgan fingerprint density at radius 3 is 2.63 bits per heavy atom. The van der Waals surface area contributed by atoms with Gasteiger partial charge in [0, 0.05) is 12.6 Å². The molecule has 5 rings (SSSR count). The highest BCUT2D eigenvalue weighted by molar-refractivity contribution is 8.15. The number of anilines is 1. The number of hydrogen-bond donors (Lipinski definition) is 4. The molecule has 2 aliphatic carbocycles. The lowest BCUT2D eigenvalue weighted by molar-refractivity contribution is 0.0113. The molecule has 186 valence electrons. The Kier molecular flexibility index (Phi) is 6.37. The molecule has 3 aromatic rings. The molecule has 2 bridgehead atoms. The number of phenolic OH excluding ortho intramolecular Hbond substituents is 1. The summed E-state index contributed by atoms with van der Waals surface area (Å²) in [4.78, 5) is 7.40. The van der Waals surface area contributed by atoms with Gasteiger partial charge >= 0.3 is 0 Å². The molecule has 2 fully saturated rings. The number of hydrogen-bond acceptors (Lipinski definition) is 11. The molecule has 1 aromatic carbocycles. The molecule has 0 aliphatic heterocycles. The van der Waals surface area contributed by atoms with Crippen LogP contribution in [0.3, 0.4) is 0 Å². The van der Waals surface area contributed by atoms with Gasteiger partial charge in [0.05, 0.1) is 17.8 Å². The molecule has 2 aliphatic rings. The number of aromatic hydroxyl groups is 1. The van der Waals surface area contributed by atoms with Crippen LogP contribution in [0, 0.1) is 11.3 Å². The van der Waals surface area contributed by atoms with E-state index < -0.39 is 9.71 Å². The summed E-state index contributed by atoms with van der Waals surface area (Å²) < 4.78 is 14.1. The quantitative estimate of drug-likeness (QED) is 0.288. The van der Waals surface area contributed by atoms with Gasteiger partial charge in [0.25, 0.3) is 0 Å². The molecule has 0 spiro atoms. The maximum Gasteiger partial charge on any atom is 0.213 e. The van der Waals surface area contributed by atoms with Crippen molar-refractivity contribution in [2.45, 2.75) is 54.8 Å². The molecule has 2 saturated carbocycles. The van der Waals surface area contributed by atoms with Gasteiger partial charge in [0.2, 0.25) is 9.36 Å². The zero-order valence-electron chi connectivity index (χ0n) is 19.3. The maximum absolute atomic E-state index is 15.3. The standard InChI is InChI=1S/C22H27FN8OS3/c1-21-7-3-4-13(9-21)18(23)15(10-21)30(2)17-11-24-20(26-25-17)14-6-5-12(8-16(14)32)19-27-29-31(28-19)22(33,34)35/h5-6,8,11,13,15,18,32-35H,3-4,7,9-10H2,1-2H3/t13-,15-,18+,21+/m0/s1. The van der Waals surface area contributed by atoms with Crippen LogP contribution in [0.5, 0.6) is 5.75 Å². The summed E-state index contributed by atoms with van der Waals surface area (Å²) in [6.45, 7) is 2.27. The fourth-order valence-electron chi connectivity index (χ4n) is 5.41. The van der Waals surface area contributed by atoms with Crippen LogP contribution in [-0.2, 0) is 3.54 Å². The molecule has 0 amide bonds. The van der Waals surface area contributed by atoms with Crippen molar-refractivity contribution >= 4 is 43.7 Å². The van der Waals surface area contributed by atoms with Crippen LogP contribution < -0.4 is 4.90 Å². The summed E-state index contributed by atoms with van der Waals surface area (Å²) in [6, 6.07) is 4.61. The third-order valence-electron chi connectivity index (χ3n) is 7.22. The van der Waals surface area contributed by atoms with Crippen LogP contribution in [0.2, 0.25) is 0 Å². The summed E-state index contributed by atoms with van der Waals surface area (Å²) in [5, 5.41) is 31.1. The van der Waals surface area contributed by atoms with Gasteiger partial charge in [-0.25, -0.2) is 9.37 Å². The highest BCUT2D eigenvalue weighted by Crippen LogP contribution is 2.50. The number of fused-ring (bicyclic) bond motifs is 2. The van der Waals surface area contributed by atoms with E-state index in [0.29, 0.717) is 16.9 Å². The van der Waals surface area contributed by atoms with E-state index in [1.807, 2.05) is 11.9 Å². The molecule has 2 heterocycles. The average Bonchev–Trinajstić information content (AvgIpc) is 3.32. The van der Waals surface area contributed by atoms with Gasteiger partial charge in [0.15, 0.2) is 11.6 Å². The van der Waals surface area contributed by atoms with E-state index in [1.54, 1.807) is 18.3 Å². The van der Waals surface area contributed by atoms with Gasteiger partial charge in [-0.05, 0) is 54.4 Å². The van der Waals surface area contributed by atoms with Crippen LogP contribution in [0.15, 0.2) is 24.4 Å². The minimum absolute atomic E-state index is 0.0625. The van der Waals surface area contributed by atoms with E-state index >= 15 is 4.39 Å². The third kappa shape index (κ3) is 4.82. The summed E-state index contributed by atoms with van der Waals surface area (Å²) >= 11 is 12.5. The van der Waals surface area contributed by atoms with Crippen LogP contribution in [0.1, 0.15) is 39.0 Å². The largest absolute Gasteiger partial charge is 0.507 e. The Morgan fingerprint density at radius 1 is 1.17 bits per heavy atom. The molecule has 1 N–H and O–H groups in total. The van der Waals surface area contributed by atoms with Crippen LogP contribution >= 0.6 is 37.9 Å². The third-order valence-corrected chi connectivity index (χ3v) is 7.75. The van der Waals surface area contributed by atoms with Crippen molar-refractivity contribution in [1.82, 2.24) is 35.4 Å². The Labute approximate surface area is 219 Å². The second-order valence-corrected chi connectivity index (χ2v) is 12.9. The molecule has 4 atom stereocenters. The Bertz CT molecular complexity index is 1220. The molecule has 0 radical (unpaired) electrons. The number of phenols is 1. The monoisotopic (exact) mass is 534 g/mol. The summed E-state index contributed by atoms with van der Waals surface area (Å²) in [6.07, 6.45) is 5.63. The predicted molar refractivity (Wildman–Crippen MR) is 140 cm³/mol. The number of halogens is 1. The number of nitrogens with zero attached hydrogens (tertiary/aromatic N) is 8. The molecular formula is C22H27FN8OS3. The van der Waals surface area contributed by atoms with E-state index in [-0.39, 0.29) is 34.8 Å². The van der Waals surface area contributed by atoms with Gasteiger partial charge in [-0.15, -0.1) is 63.1 Å². The second kappa shape index (κ2) is 9.07. The number of rotatable bonds is 5. The van der Waals surface area contributed by atoms with Crippen molar-refractivity contribution in [1.29, 1.82) is 0 Å². The highest BCUT2D eigenvalue weighted by Gasteiger charge is 2.47.